The number of ether oxygens (including phenoxy) is 2. The Hall–Kier alpha value is -0.120. The van der Waals surface area contributed by atoms with Crippen molar-refractivity contribution in [3.63, 3.8) is 0 Å². The number of hydrogen-bond acceptors (Lipinski definition) is 3. The molecule has 0 aliphatic rings. The fraction of sp³-hybridized carbons (Fsp3) is 1.00. The first-order valence-corrected chi connectivity index (χ1v) is 7.23. The number of nitrogens with one attached hydrogen (secondary N) is 1. The molecule has 0 rings (SSSR count). The highest BCUT2D eigenvalue weighted by molar-refractivity contribution is 4.65. The first-order chi connectivity index (χ1) is 8.35. The van der Waals surface area contributed by atoms with Crippen LogP contribution in [0.3, 0.4) is 0 Å². The SMILES string of the molecule is CCCCOCCC(COCCC)NCCC. The largest absolute Gasteiger partial charge is 0.381 e. The van der Waals surface area contributed by atoms with Crippen molar-refractivity contribution in [3.05, 3.63) is 0 Å². The van der Waals surface area contributed by atoms with E-state index < -0.39 is 0 Å². The van der Waals surface area contributed by atoms with Crippen molar-refractivity contribution >= 4 is 0 Å². The molecule has 0 spiro atoms. The van der Waals surface area contributed by atoms with Crippen molar-refractivity contribution in [1.82, 2.24) is 5.32 Å². The second-order valence-electron chi connectivity index (χ2n) is 4.48. The monoisotopic (exact) mass is 245 g/mol. The highest BCUT2D eigenvalue weighted by atomic mass is 16.5. The summed E-state index contributed by atoms with van der Waals surface area (Å²) in [5.41, 5.74) is 0. The molecule has 0 aromatic heterocycles. The van der Waals surface area contributed by atoms with E-state index >= 15 is 0 Å². The van der Waals surface area contributed by atoms with Crippen LogP contribution in [0.15, 0.2) is 0 Å². The first-order valence-electron chi connectivity index (χ1n) is 7.23. The van der Waals surface area contributed by atoms with Crippen LogP contribution < -0.4 is 5.32 Å². The van der Waals surface area contributed by atoms with E-state index in [2.05, 4.69) is 26.1 Å². The third kappa shape index (κ3) is 12.1. The molecule has 0 saturated carbocycles. The summed E-state index contributed by atoms with van der Waals surface area (Å²) in [7, 11) is 0. The molecular weight excluding hydrogens is 214 g/mol. The number of unbranched alkanes of at least 4 members (excludes halogenated alkanes) is 1. The van der Waals surface area contributed by atoms with Gasteiger partial charge in [-0.1, -0.05) is 27.2 Å². The minimum atomic E-state index is 0.447. The maximum atomic E-state index is 5.60. The van der Waals surface area contributed by atoms with Gasteiger partial charge in [0.2, 0.25) is 0 Å². The van der Waals surface area contributed by atoms with E-state index in [0.29, 0.717) is 6.04 Å². The van der Waals surface area contributed by atoms with Gasteiger partial charge in [0.15, 0.2) is 0 Å². The predicted octanol–water partition coefficient (Wildman–Crippen LogP) is 2.99. The van der Waals surface area contributed by atoms with Gasteiger partial charge in [-0.05, 0) is 32.2 Å². The summed E-state index contributed by atoms with van der Waals surface area (Å²) in [5.74, 6) is 0. The van der Waals surface area contributed by atoms with Crippen LogP contribution in [0.1, 0.15) is 52.9 Å². The van der Waals surface area contributed by atoms with Crippen molar-refractivity contribution in [1.29, 1.82) is 0 Å². The fourth-order valence-corrected chi connectivity index (χ4v) is 1.54. The lowest BCUT2D eigenvalue weighted by Gasteiger charge is -2.18. The van der Waals surface area contributed by atoms with Crippen LogP contribution in [-0.4, -0.2) is 39.0 Å². The Morgan fingerprint density at radius 2 is 1.71 bits per heavy atom. The van der Waals surface area contributed by atoms with Gasteiger partial charge in [0.25, 0.3) is 0 Å². The third-order valence-corrected chi connectivity index (χ3v) is 2.60. The standard InChI is InChI=1S/C14H31NO2/c1-4-7-11-16-12-8-14(15-9-5-2)13-17-10-6-3/h14-15H,4-13H2,1-3H3. The summed E-state index contributed by atoms with van der Waals surface area (Å²) >= 11 is 0. The highest BCUT2D eigenvalue weighted by Gasteiger charge is 2.07. The lowest BCUT2D eigenvalue weighted by atomic mass is 10.2. The molecule has 0 amide bonds. The normalized spacial score (nSPS) is 12.9. The van der Waals surface area contributed by atoms with Crippen LogP contribution in [0.4, 0.5) is 0 Å². The van der Waals surface area contributed by atoms with Crippen molar-refractivity contribution in [2.75, 3.05) is 33.0 Å². The molecule has 0 fully saturated rings. The van der Waals surface area contributed by atoms with E-state index in [1.807, 2.05) is 0 Å². The molecule has 0 saturated heterocycles. The van der Waals surface area contributed by atoms with Crippen LogP contribution in [0.5, 0.6) is 0 Å². The van der Waals surface area contributed by atoms with Crippen molar-refractivity contribution < 1.29 is 9.47 Å². The molecule has 0 aliphatic carbocycles. The Morgan fingerprint density at radius 1 is 0.882 bits per heavy atom. The van der Waals surface area contributed by atoms with Crippen LogP contribution in [-0.2, 0) is 9.47 Å². The zero-order valence-electron chi connectivity index (χ0n) is 12.0. The molecule has 1 unspecified atom stereocenters. The second-order valence-corrected chi connectivity index (χ2v) is 4.48. The van der Waals surface area contributed by atoms with E-state index in [1.54, 1.807) is 0 Å². The minimum absolute atomic E-state index is 0.447. The molecule has 0 aromatic carbocycles. The maximum Gasteiger partial charge on any atom is 0.0620 e. The summed E-state index contributed by atoms with van der Waals surface area (Å²) in [6, 6.07) is 0.447. The summed E-state index contributed by atoms with van der Waals surface area (Å²) < 4.78 is 11.2. The third-order valence-electron chi connectivity index (χ3n) is 2.60. The van der Waals surface area contributed by atoms with Gasteiger partial charge in [0.1, 0.15) is 0 Å². The molecule has 3 nitrogen and oxygen atoms in total. The average Bonchev–Trinajstić information content (AvgIpc) is 2.35. The Morgan fingerprint density at radius 3 is 2.35 bits per heavy atom. The van der Waals surface area contributed by atoms with Gasteiger partial charge in [-0.3, -0.25) is 0 Å². The van der Waals surface area contributed by atoms with Gasteiger partial charge in [-0.25, -0.2) is 0 Å². The summed E-state index contributed by atoms with van der Waals surface area (Å²) in [6.07, 6.45) is 5.68. The van der Waals surface area contributed by atoms with Crippen molar-refractivity contribution in [2.24, 2.45) is 0 Å². The molecule has 0 bridgehead atoms. The summed E-state index contributed by atoms with van der Waals surface area (Å²) in [6.45, 7) is 11.0. The molecule has 1 atom stereocenters. The van der Waals surface area contributed by atoms with E-state index in [-0.39, 0.29) is 0 Å². The Bertz CT molecular complexity index is 142. The molecule has 1 N–H and O–H groups in total. The minimum Gasteiger partial charge on any atom is -0.381 e. The molecule has 3 heteroatoms. The van der Waals surface area contributed by atoms with Crippen molar-refractivity contribution in [3.8, 4) is 0 Å². The smallest absolute Gasteiger partial charge is 0.0620 e. The molecular formula is C14H31NO2. The quantitative estimate of drug-likeness (QED) is 0.506. The van der Waals surface area contributed by atoms with Crippen LogP contribution in [0.25, 0.3) is 0 Å². The zero-order chi connectivity index (χ0) is 12.8. The molecule has 0 radical (unpaired) electrons. The first kappa shape index (κ1) is 16.9. The highest BCUT2D eigenvalue weighted by Crippen LogP contribution is 1.97. The Balaban J connectivity index is 3.53. The van der Waals surface area contributed by atoms with Gasteiger partial charge in [-0.2, -0.15) is 0 Å². The van der Waals surface area contributed by atoms with Crippen LogP contribution >= 0.6 is 0 Å². The Kier molecular flexibility index (Phi) is 13.8. The molecule has 0 aliphatic heterocycles. The molecule has 104 valence electrons. The topological polar surface area (TPSA) is 30.5 Å². The predicted molar refractivity (Wildman–Crippen MR) is 73.5 cm³/mol. The summed E-state index contributed by atoms with van der Waals surface area (Å²) in [4.78, 5) is 0. The molecule has 0 heterocycles. The van der Waals surface area contributed by atoms with E-state index in [0.717, 1.165) is 45.8 Å². The van der Waals surface area contributed by atoms with Gasteiger partial charge >= 0.3 is 0 Å². The van der Waals surface area contributed by atoms with Gasteiger partial charge in [0, 0.05) is 25.9 Å². The van der Waals surface area contributed by atoms with Gasteiger partial charge < -0.3 is 14.8 Å². The molecule has 0 aromatic rings. The number of rotatable bonds is 13. The van der Waals surface area contributed by atoms with E-state index in [9.17, 15) is 0 Å². The lowest BCUT2D eigenvalue weighted by molar-refractivity contribution is 0.0820. The van der Waals surface area contributed by atoms with Gasteiger partial charge in [0.05, 0.1) is 6.61 Å². The fourth-order valence-electron chi connectivity index (χ4n) is 1.54. The number of hydrogen-bond donors (Lipinski definition) is 1. The van der Waals surface area contributed by atoms with Gasteiger partial charge in [-0.15, -0.1) is 0 Å². The average molecular weight is 245 g/mol. The zero-order valence-corrected chi connectivity index (χ0v) is 12.0. The van der Waals surface area contributed by atoms with E-state index in [1.165, 1.54) is 19.3 Å². The lowest BCUT2D eigenvalue weighted by Crippen LogP contribution is -2.35. The van der Waals surface area contributed by atoms with Crippen LogP contribution in [0.2, 0.25) is 0 Å². The Labute approximate surface area is 107 Å². The second kappa shape index (κ2) is 13.9. The molecule has 17 heavy (non-hydrogen) atoms. The van der Waals surface area contributed by atoms with Crippen molar-refractivity contribution in [2.45, 2.75) is 58.9 Å². The maximum absolute atomic E-state index is 5.60. The van der Waals surface area contributed by atoms with E-state index in [4.69, 9.17) is 9.47 Å². The summed E-state index contributed by atoms with van der Waals surface area (Å²) in [5, 5.41) is 3.51. The van der Waals surface area contributed by atoms with Crippen LogP contribution in [0, 0.1) is 0 Å².